The Morgan fingerprint density at radius 1 is 1.47 bits per heavy atom. The molecule has 2 unspecified atom stereocenters. The highest BCUT2D eigenvalue weighted by Gasteiger charge is 2.44. The van der Waals surface area contributed by atoms with E-state index in [2.05, 4.69) is 35.8 Å². The molecule has 1 aliphatic rings. The summed E-state index contributed by atoms with van der Waals surface area (Å²) >= 11 is 3.52. The number of nitriles is 1. The Kier molecular flexibility index (Phi) is 2.37. The first-order valence-corrected chi connectivity index (χ1v) is 5.76. The third kappa shape index (κ3) is 1.40. The lowest BCUT2D eigenvalue weighted by Gasteiger charge is -2.24. The van der Waals surface area contributed by atoms with Crippen molar-refractivity contribution in [3.05, 3.63) is 34.9 Å². The minimum atomic E-state index is -0.484. The van der Waals surface area contributed by atoms with Crippen molar-refractivity contribution < 1.29 is 5.11 Å². The largest absolute Gasteiger partial charge is 0.387 e. The second kappa shape index (κ2) is 3.33. The van der Waals surface area contributed by atoms with Crippen molar-refractivity contribution in [2.45, 2.75) is 30.2 Å². The second-order valence-electron chi connectivity index (χ2n) is 4.48. The monoisotopic (exact) mass is 265 g/mol. The van der Waals surface area contributed by atoms with Gasteiger partial charge >= 0.3 is 0 Å². The number of aliphatic hydroxyl groups excluding tert-OH is 1. The van der Waals surface area contributed by atoms with Gasteiger partial charge in [-0.05, 0) is 23.3 Å². The summed E-state index contributed by atoms with van der Waals surface area (Å²) in [5, 5.41) is 18.9. The molecule has 15 heavy (non-hydrogen) atoms. The van der Waals surface area contributed by atoms with E-state index in [9.17, 15) is 5.11 Å². The van der Waals surface area contributed by atoms with Gasteiger partial charge in [0.25, 0.3) is 0 Å². The van der Waals surface area contributed by atoms with E-state index in [-0.39, 0.29) is 10.2 Å². The Bertz CT molecular complexity index is 447. The summed E-state index contributed by atoms with van der Waals surface area (Å²) in [5.41, 5.74) is 2.51. The molecular weight excluding hydrogens is 254 g/mol. The van der Waals surface area contributed by atoms with Crippen molar-refractivity contribution in [1.82, 2.24) is 0 Å². The number of alkyl halides is 1. The van der Waals surface area contributed by atoms with Gasteiger partial charge in [0, 0.05) is 5.41 Å². The molecule has 0 radical (unpaired) electrons. The summed E-state index contributed by atoms with van der Waals surface area (Å²) in [4.78, 5) is 0.00828. The predicted octanol–water partition coefficient (Wildman–Crippen LogP) is 2.65. The van der Waals surface area contributed by atoms with Crippen LogP contribution in [0.5, 0.6) is 0 Å². The van der Waals surface area contributed by atoms with Crippen molar-refractivity contribution in [2.75, 3.05) is 0 Å². The Hall–Kier alpha value is -0.850. The Labute approximate surface area is 97.7 Å². The van der Waals surface area contributed by atoms with Crippen LogP contribution in [-0.2, 0) is 5.41 Å². The van der Waals surface area contributed by atoms with Gasteiger partial charge in [-0.2, -0.15) is 5.26 Å². The van der Waals surface area contributed by atoms with Gasteiger partial charge in [-0.15, -0.1) is 0 Å². The molecule has 2 nitrogen and oxygen atoms in total. The van der Waals surface area contributed by atoms with Crippen LogP contribution in [-0.4, -0.2) is 9.93 Å². The molecule has 2 atom stereocenters. The van der Waals surface area contributed by atoms with Crippen molar-refractivity contribution in [3.63, 3.8) is 0 Å². The molecule has 0 heterocycles. The first-order chi connectivity index (χ1) is 6.98. The molecule has 0 aliphatic heterocycles. The van der Waals surface area contributed by atoms with Crippen LogP contribution >= 0.6 is 15.9 Å². The topological polar surface area (TPSA) is 44.0 Å². The standard InChI is InChI=1S/C12H12BrNO/c1-12(2)9-5-7(6-14)3-4-8(9)10(15)11(12)13/h3-5,10-11,15H,1-2H3. The van der Waals surface area contributed by atoms with Gasteiger partial charge in [-0.3, -0.25) is 0 Å². The molecule has 0 amide bonds. The highest BCUT2D eigenvalue weighted by atomic mass is 79.9. The average molecular weight is 266 g/mol. The lowest BCUT2D eigenvalue weighted by Crippen LogP contribution is -2.25. The highest BCUT2D eigenvalue weighted by Crippen LogP contribution is 2.48. The molecule has 0 spiro atoms. The minimum absolute atomic E-state index is 0.00828. The molecule has 78 valence electrons. The van der Waals surface area contributed by atoms with Crippen LogP contribution in [0.1, 0.15) is 36.6 Å². The van der Waals surface area contributed by atoms with Gasteiger partial charge in [0.05, 0.1) is 22.6 Å². The van der Waals surface area contributed by atoms with E-state index in [0.717, 1.165) is 11.1 Å². The maximum atomic E-state index is 10.0. The molecule has 0 aromatic heterocycles. The van der Waals surface area contributed by atoms with E-state index in [4.69, 9.17) is 5.26 Å². The lowest BCUT2D eigenvalue weighted by atomic mass is 9.86. The van der Waals surface area contributed by atoms with E-state index < -0.39 is 6.10 Å². The van der Waals surface area contributed by atoms with Gasteiger partial charge < -0.3 is 5.11 Å². The number of halogens is 1. The van der Waals surface area contributed by atoms with E-state index in [0.29, 0.717) is 5.56 Å². The molecule has 0 saturated heterocycles. The quantitative estimate of drug-likeness (QED) is 0.733. The summed E-state index contributed by atoms with van der Waals surface area (Å²) in [6, 6.07) is 7.60. The molecule has 1 aromatic rings. The van der Waals surface area contributed by atoms with E-state index >= 15 is 0 Å². The van der Waals surface area contributed by atoms with Crippen LogP contribution in [0.2, 0.25) is 0 Å². The number of hydrogen-bond acceptors (Lipinski definition) is 2. The molecule has 1 aliphatic carbocycles. The van der Waals surface area contributed by atoms with Crippen LogP contribution in [0, 0.1) is 11.3 Å². The first-order valence-electron chi connectivity index (χ1n) is 4.85. The fourth-order valence-electron chi connectivity index (χ4n) is 2.14. The molecule has 1 N–H and O–H groups in total. The number of fused-ring (bicyclic) bond motifs is 1. The lowest BCUT2D eigenvalue weighted by molar-refractivity contribution is 0.171. The summed E-state index contributed by atoms with van der Waals surface area (Å²) < 4.78 is 0. The van der Waals surface area contributed by atoms with Gasteiger partial charge in [0.1, 0.15) is 0 Å². The smallest absolute Gasteiger partial charge is 0.0991 e. The SMILES string of the molecule is CC1(C)c2cc(C#N)ccc2C(O)C1Br. The maximum absolute atomic E-state index is 10.0. The number of benzene rings is 1. The number of aliphatic hydroxyl groups is 1. The fourth-order valence-corrected chi connectivity index (χ4v) is 2.67. The molecule has 1 aromatic carbocycles. The zero-order valence-corrected chi connectivity index (χ0v) is 10.2. The van der Waals surface area contributed by atoms with Gasteiger partial charge in [-0.1, -0.05) is 35.8 Å². The molecule has 3 heteroatoms. The second-order valence-corrected chi connectivity index (χ2v) is 5.47. The fraction of sp³-hybridized carbons (Fsp3) is 0.417. The maximum Gasteiger partial charge on any atom is 0.0991 e. The van der Waals surface area contributed by atoms with Gasteiger partial charge in [-0.25, -0.2) is 0 Å². The van der Waals surface area contributed by atoms with Crippen molar-refractivity contribution in [2.24, 2.45) is 0 Å². The molecule has 0 fully saturated rings. The zero-order valence-electron chi connectivity index (χ0n) is 8.66. The van der Waals surface area contributed by atoms with Crippen LogP contribution in [0.15, 0.2) is 18.2 Å². The van der Waals surface area contributed by atoms with Crippen LogP contribution in [0.4, 0.5) is 0 Å². The number of nitrogens with zero attached hydrogens (tertiary/aromatic N) is 1. The predicted molar refractivity (Wildman–Crippen MR) is 61.9 cm³/mol. The third-order valence-electron chi connectivity index (χ3n) is 3.16. The normalized spacial score (nSPS) is 27.1. The number of hydrogen-bond donors (Lipinski definition) is 1. The first kappa shape index (κ1) is 10.7. The summed E-state index contributed by atoms with van der Waals surface area (Å²) in [6.07, 6.45) is -0.484. The number of rotatable bonds is 0. The van der Waals surface area contributed by atoms with Crippen molar-refractivity contribution in [3.8, 4) is 6.07 Å². The Morgan fingerprint density at radius 3 is 2.73 bits per heavy atom. The van der Waals surface area contributed by atoms with Crippen molar-refractivity contribution >= 4 is 15.9 Å². The molecule has 2 rings (SSSR count). The summed E-state index contributed by atoms with van der Waals surface area (Å²) in [6.45, 7) is 4.14. The summed E-state index contributed by atoms with van der Waals surface area (Å²) in [5.74, 6) is 0. The van der Waals surface area contributed by atoms with Crippen LogP contribution < -0.4 is 0 Å². The van der Waals surface area contributed by atoms with Crippen LogP contribution in [0.3, 0.4) is 0 Å². The molecule has 0 bridgehead atoms. The van der Waals surface area contributed by atoms with Gasteiger partial charge in [0.2, 0.25) is 0 Å². The minimum Gasteiger partial charge on any atom is -0.387 e. The Balaban J connectivity index is 2.63. The third-order valence-corrected chi connectivity index (χ3v) is 4.81. The van der Waals surface area contributed by atoms with Crippen LogP contribution in [0.25, 0.3) is 0 Å². The van der Waals surface area contributed by atoms with E-state index in [1.807, 2.05) is 12.1 Å². The molecular formula is C12H12BrNO. The van der Waals surface area contributed by atoms with Crippen molar-refractivity contribution in [1.29, 1.82) is 5.26 Å². The molecule has 0 saturated carbocycles. The average Bonchev–Trinajstić information content (AvgIpc) is 2.40. The van der Waals surface area contributed by atoms with E-state index in [1.54, 1.807) is 6.07 Å². The summed E-state index contributed by atoms with van der Waals surface area (Å²) in [7, 11) is 0. The van der Waals surface area contributed by atoms with Gasteiger partial charge in [0.15, 0.2) is 0 Å². The highest BCUT2D eigenvalue weighted by molar-refractivity contribution is 9.09. The Morgan fingerprint density at radius 2 is 2.13 bits per heavy atom. The van der Waals surface area contributed by atoms with E-state index in [1.165, 1.54) is 0 Å². The zero-order chi connectivity index (χ0) is 11.2.